The van der Waals surface area contributed by atoms with Gasteiger partial charge >= 0.3 is 0 Å². The maximum Gasteiger partial charge on any atom is 0.236 e. The summed E-state index contributed by atoms with van der Waals surface area (Å²) in [5, 5.41) is 10.6. The first-order chi connectivity index (χ1) is 9.43. The van der Waals surface area contributed by atoms with Gasteiger partial charge in [0, 0.05) is 25.3 Å². The van der Waals surface area contributed by atoms with Crippen molar-refractivity contribution in [2.75, 3.05) is 6.54 Å². The zero-order valence-electron chi connectivity index (χ0n) is 13.3. The average Bonchev–Trinajstić information content (AvgIpc) is 2.89. The van der Waals surface area contributed by atoms with Crippen LogP contribution in [0, 0.1) is 5.92 Å². The van der Waals surface area contributed by atoms with E-state index in [9.17, 15) is 4.79 Å². The van der Waals surface area contributed by atoms with Gasteiger partial charge in [-0.15, -0.1) is 0 Å². The van der Waals surface area contributed by atoms with E-state index in [1.54, 1.807) is 0 Å². The molecule has 20 heavy (non-hydrogen) atoms. The fourth-order valence-corrected chi connectivity index (χ4v) is 1.71. The van der Waals surface area contributed by atoms with Crippen molar-refractivity contribution in [1.29, 1.82) is 0 Å². The number of nitrogens with one attached hydrogen (secondary N) is 2. The molecule has 2 unspecified atom stereocenters. The van der Waals surface area contributed by atoms with Gasteiger partial charge in [-0.3, -0.25) is 9.48 Å². The minimum absolute atomic E-state index is 0.0417. The lowest BCUT2D eigenvalue weighted by molar-refractivity contribution is -0.122. The van der Waals surface area contributed by atoms with Crippen LogP contribution in [0.2, 0.25) is 0 Å². The molecule has 114 valence electrons. The number of amides is 1. The Labute approximate surface area is 122 Å². The second-order valence-electron chi connectivity index (χ2n) is 5.79. The summed E-state index contributed by atoms with van der Waals surface area (Å²) in [4.78, 5) is 11.8. The van der Waals surface area contributed by atoms with Crippen molar-refractivity contribution < 1.29 is 4.79 Å². The number of carbonyl (C=O) groups excluding carboxylic acids is 1. The molecule has 0 saturated carbocycles. The third kappa shape index (κ3) is 5.33. The topological polar surface area (TPSA) is 59.0 Å². The van der Waals surface area contributed by atoms with Crippen LogP contribution in [-0.4, -0.2) is 28.3 Å². The second-order valence-corrected chi connectivity index (χ2v) is 5.79. The van der Waals surface area contributed by atoms with Crippen LogP contribution in [0.4, 0.5) is 0 Å². The Morgan fingerprint density at radius 3 is 2.65 bits per heavy atom. The highest BCUT2D eigenvalue weighted by molar-refractivity contribution is 5.81. The van der Waals surface area contributed by atoms with Crippen molar-refractivity contribution in [3.63, 3.8) is 0 Å². The molecule has 0 bridgehead atoms. The molecule has 0 fully saturated rings. The summed E-state index contributed by atoms with van der Waals surface area (Å²) >= 11 is 0. The molecule has 1 aromatic heterocycles. The van der Waals surface area contributed by atoms with Gasteiger partial charge in [-0.1, -0.05) is 20.8 Å². The molecule has 0 spiro atoms. The summed E-state index contributed by atoms with van der Waals surface area (Å²) in [5.74, 6) is 0.512. The van der Waals surface area contributed by atoms with Gasteiger partial charge in [0.05, 0.1) is 11.7 Å². The molecule has 0 aliphatic heterocycles. The predicted molar refractivity (Wildman–Crippen MR) is 81.4 cm³/mol. The number of carbonyl (C=O) groups is 1. The third-order valence-corrected chi connectivity index (χ3v) is 3.37. The Morgan fingerprint density at radius 2 is 2.05 bits per heavy atom. The van der Waals surface area contributed by atoms with Crippen molar-refractivity contribution in [3.05, 3.63) is 18.0 Å². The predicted octanol–water partition coefficient (Wildman–Crippen LogP) is 2.10. The molecule has 0 saturated heterocycles. The van der Waals surface area contributed by atoms with Crippen molar-refractivity contribution in [3.8, 4) is 0 Å². The minimum atomic E-state index is -0.206. The molecule has 0 radical (unpaired) electrons. The lowest BCUT2D eigenvalue weighted by atomic mass is 10.2. The second kappa shape index (κ2) is 8.04. The lowest BCUT2D eigenvalue weighted by Crippen LogP contribution is -2.43. The number of hydrogen-bond acceptors (Lipinski definition) is 3. The maximum atomic E-state index is 11.8. The van der Waals surface area contributed by atoms with Crippen molar-refractivity contribution in [2.45, 2.75) is 59.7 Å². The molecule has 1 aromatic rings. The number of aromatic nitrogens is 2. The molecule has 0 aromatic carbocycles. The van der Waals surface area contributed by atoms with Crippen LogP contribution < -0.4 is 10.6 Å². The standard InChI is InChI=1S/C15H28N4O/c1-6-12(4)19-8-7-14(18-19)10-16-13(5)15(20)17-9-11(2)3/h7-8,11-13,16H,6,9-10H2,1-5H3,(H,17,20). The third-order valence-electron chi connectivity index (χ3n) is 3.37. The highest BCUT2D eigenvalue weighted by atomic mass is 16.2. The summed E-state index contributed by atoms with van der Waals surface area (Å²) in [6.45, 7) is 11.7. The van der Waals surface area contributed by atoms with E-state index in [1.807, 2.05) is 23.9 Å². The maximum absolute atomic E-state index is 11.8. The largest absolute Gasteiger partial charge is 0.354 e. The van der Waals surface area contributed by atoms with E-state index in [0.717, 1.165) is 12.1 Å². The number of nitrogens with zero attached hydrogens (tertiary/aromatic N) is 2. The fourth-order valence-electron chi connectivity index (χ4n) is 1.71. The van der Waals surface area contributed by atoms with Crippen molar-refractivity contribution in [2.24, 2.45) is 5.92 Å². The van der Waals surface area contributed by atoms with E-state index >= 15 is 0 Å². The summed E-state index contributed by atoms with van der Waals surface area (Å²) in [6.07, 6.45) is 3.05. The van der Waals surface area contributed by atoms with Gasteiger partial charge in [-0.25, -0.2) is 0 Å². The van der Waals surface area contributed by atoms with Gasteiger partial charge in [0.1, 0.15) is 0 Å². The normalized spacial score (nSPS) is 14.3. The van der Waals surface area contributed by atoms with Gasteiger partial charge in [0.25, 0.3) is 0 Å². The Morgan fingerprint density at radius 1 is 1.35 bits per heavy atom. The van der Waals surface area contributed by atoms with Gasteiger partial charge < -0.3 is 10.6 Å². The van der Waals surface area contributed by atoms with E-state index in [2.05, 4.69) is 43.4 Å². The average molecular weight is 280 g/mol. The molecule has 5 heteroatoms. The Hall–Kier alpha value is -1.36. The smallest absolute Gasteiger partial charge is 0.236 e. The van der Waals surface area contributed by atoms with Crippen molar-refractivity contribution in [1.82, 2.24) is 20.4 Å². The number of hydrogen-bond donors (Lipinski definition) is 2. The van der Waals surface area contributed by atoms with Crippen LogP contribution in [0.3, 0.4) is 0 Å². The Balaban J connectivity index is 2.38. The van der Waals surface area contributed by atoms with Gasteiger partial charge in [0.2, 0.25) is 5.91 Å². The first kappa shape index (κ1) is 16.7. The molecule has 1 heterocycles. The molecular formula is C15H28N4O. The summed E-state index contributed by atoms with van der Waals surface area (Å²) in [5.41, 5.74) is 0.966. The van der Waals surface area contributed by atoms with Crippen molar-refractivity contribution >= 4 is 5.91 Å². The first-order valence-electron chi connectivity index (χ1n) is 7.49. The monoisotopic (exact) mass is 280 g/mol. The SMILES string of the molecule is CCC(C)n1ccc(CNC(C)C(=O)NCC(C)C)n1. The minimum Gasteiger partial charge on any atom is -0.354 e. The van der Waals surface area contributed by atoms with Gasteiger partial charge in [0.15, 0.2) is 0 Å². The zero-order valence-corrected chi connectivity index (χ0v) is 13.3. The first-order valence-corrected chi connectivity index (χ1v) is 7.49. The quantitative estimate of drug-likeness (QED) is 0.766. The van der Waals surface area contributed by atoms with Crippen LogP contribution in [-0.2, 0) is 11.3 Å². The van der Waals surface area contributed by atoms with Gasteiger partial charge in [-0.05, 0) is 32.3 Å². The molecule has 1 amide bonds. The van der Waals surface area contributed by atoms with Crippen LogP contribution in [0.15, 0.2) is 12.3 Å². The molecule has 0 aliphatic rings. The van der Waals surface area contributed by atoms with E-state index in [0.29, 0.717) is 25.0 Å². The molecule has 0 aliphatic carbocycles. The van der Waals surface area contributed by atoms with Crippen LogP contribution in [0.5, 0.6) is 0 Å². The fraction of sp³-hybridized carbons (Fsp3) is 0.733. The molecule has 1 rings (SSSR count). The van der Waals surface area contributed by atoms with E-state index in [4.69, 9.17) is 0 Å². The van der Waals surface area contributed by atoms with Crippen LogP contribution >= 0.6 is 0 Å². The Kier molecular flexibility index (Phi) is 6.71. The van der Waals surface area contributed by atoms with Crippen LogP contribution in [0.1, 0.15) is 52.8 Å². The zero-order chi connectivity index (χ0) is 15.1. The Bertz CT molecular complexity index is 414. The molecule has 2 atom stereocenters. The van der Waals surface area contributed by atoms with Gasteiger partial charge in [-0.2, -0.15) is 5.10 Å². The van der Waals surface area contributed by atoms with E-state index in [1.165, 1.54) is 0 Å². The number of rotatable bonds is 8. The highest BCUT2D eigenvalue weighted by Crippen LogP contribution is 2.09. The highest BCUT2D eigenvalue weighted by Gasteiger charge is 2.13. The lowest BCUT2D eigenvalue weighted by Gasteiger charge is -2.14. The van der Waals surface area contributed by atoms with E-state index < -0.39 is 0 Å². The summed E-state index contributed by atoms with van der Waals surface area (Å²) < 4.78 is 1.97. The molecular weight excluding hydrogens is 252 g/mol. The molecule has 5 nitrogen and oxygen atoms in total. The summed E-state index contributed by atoms with van der Waals surface area (Å²) in [6, 6.07) is 2.20. The van der Waals surface area contributed by atoms with Crippen LogP contribution in [0.25, 0.3) is 0 Å². The van der Waals surface area contributed by atoms with E-state index in [-0.39, 0.29) is 11.9 Å². The summed E-state index contributed by atoms with van der Waals surface area (Å²) in [7, 11) is 0. The molecule has 2 N–H and O–H groups in total.